The maximum Gasteiger partial charge on any atom is 0.308 e. The van der Waals surface area contributed by atoms with Crippen LogP contribution in [0, 0.1) is 0 Å². The summed E-state index contributed by atoms with van der Waals surface area (Å²) >= 11 is 0. The van der Waals surface area contributed by atoms with Crippen LogP contribution in [0.15, 0.2) is 30.3 Å². The van der Waals surface area contributed by atoms with E-state index in [2.05, 4.69) is 10.6 Å². The van der Waals surface area contributed by atoms with E-state index < -0.39 is 41.8 Å². The molecule has 11 heteroatoms. The van der Waals surface area contributed by atoms with Crippen molar-refractivity contribution in [2.24, 2.45) is 0 Å². The van der Waals surface area contributed by atoms with Crippen LogP contribution >= 0.6 is 0 Å². The Morgan fingerprint density at radius 2 is 1.91 bits per heavy atom. The van der Waals surface area contributed by atoms with Crippen LogP contribution in [0.5, 0.6) is 0 Å². The number of nitrogens with zero attached hydrogens (tertiary/aromatic N) is 2. The number of rotatable bonds is 8. The highest BCUT2D eigenvalue weighted by Crippen LogP contribution is 2.25. The second-order valence-electron chi connectivity index (χ2n) is 8.05. The maximum atomic E-state index is 13.4. The fourth-order valence-electron chi connectivity index (χ4n) is 4.05. The number of hydrogen-bond donors (Lipinski definition) is 2. The lowest BCUT2D eigenvalue weighted by molar-refractivity contribution is -0.176. The Kier molecular flexibility index (Phi) is 8.34. The van der Waals surface area contributed by atoms with E-state index in [1.54, 1.807) is 37.3 Å². The van der Waals surface area contributed by atoms with Crippen molar-refractivity contribution in [3.63, 3.8) is 0 Å². The molecule has 0 bridgehead atoms. The Bertz CT molecular complexity index is 952. The molecule has 2 heterocycles. The lowest BCUT2D eigenvalue weighted by Crippen LogP contribution is -2.64. The largest absolute Gasteiger partial charge is 0.466 e. The van der Waals surface area contributed by atoms with Crippen LogP contribution < -0.4 is 10.6 Å². The summed E-state index contributed by atoms with van der Waals surface area (Å²) in [5, 5.41) is 7.48. The summed E-state index contributed by atoms with van der Waals surface area (Å²) < 4.78 is 4.82. The van der Waals surface area contributed by atoms with Crippen molar-refractivity contribution >= 4 is 35.9 Å². The van der Waals surface area contributed by atoms with Gasteiger partial charge in [0, 0.05) is 18.5 Å². The average Bonchev–Trinajstić information content (AvgIpc) is 2.96. The first-order valence-electron chi connectivity index (χ1n) is 11.3. The van der Waals surface area contributed by atoms with Gasteiger partial charge in [-0.25, -0.2) is 5.01 Å². The number of aldehydes is 1. The quantitative estimate of drug-likeness (QED) is 0.399. The molecule has 2 aliphatic rings. The third-order valence-corrected chi connectivity index (χ3v) is 5.69. The molecule has 0 unspecified atom stereocenters. The fourth-order valence-corrected chi connectivity index (χ4v) is 4.05. The number of benzene rings is 1. The Morgan fingerprint density at radius 3 is 2.59 bits per heavy atom. The summed E-state index contributed by atoms with van der Waals surface area (Å²) in [4.78, 5) is 74.9. The minimum Gasteiger partial charge on any atom is -0.466 e. The first-order valence-corrected chi connectivity index (χ1v) is 11.3. The molecule has 3 rings (SSSR count). The topological polar surface area (TPSA) is 142 Å². The number of nitrogens with one attached hydrogen (secondary N) is 2. The van der Waals surface area contributed by atoms with Gasteiger partial charge in [0.2, 0.25) is 11.8 Å². The number of esters is 1. The molecule has 2 aliphatic heterocycles. The molecule has 3 atom stereocenters. The second-order valence-corrected chi connectivity index (χ2v) is 8.05. The monoisotopic (exact) mass is 472 g/mol. The molecule has 34 heavy (non-hydrogen) atoms. The minimum atomic E-state index is -1.13. The van der Waals surface area contributed by atoms with Crippen molar-refractivity contribution in [1.82, 2.24) is 20.7 Å². The molecule has 0 radical (unpaired) electrons. The van der Waals surface area contributed by atoms with Gasteiger partial charge >= 0.3 is 5.97 Å². The summed E-state index contributed by atoms with van der Waals surface area (Å²) in [7, 11) is 0. The normalized spacial score (nSPS) is 21.1. The highest BCUT2D eigenvalue weighted by molar-refractivity contribution is 5.99. The van der Waals surface area contributed by atoms with Gasteiger partial charge in [0.1, 0.15) is 18.4 Å². The van der Waals surface area contributed by atoms with Crippen LogP contribution in [0.4, 0.5) is 0 Å². The molecular weight excluding hydrogens is 444 g/mol. The Morgan fingerprint density at radius 1 is 1.18 bits per heavy atom. The molecule has 1 aromatic carbocycles. The number of amides is 4. The van der Waals surface area contributed by atoms with Crippen molar-refractivity contribution in [3.8, 4) is 0 Å². The molecule has 4 amide bonds. The zero-order valence-electron chi connectivity index (χ0n) is 18.9. The number of carbonyl (C=O) groups excluding carboxylic acids is 6. The van der Waals surface area contributed by atoms with Crippen LogP contribution in [0.25, 0.3) is 0 Å². The summed E-state index contributed by atoms with van der Waals surface area (Å²) in [5.74, 6) is -2.69. The van der Waals surface area contributed by atoms with Crippen molar-refractivity contribution in [2.75, 3.05) is 13.2 Å². The van der Waals surface area contributed by atoms with Gasteiger partial charge in [-0.15, -0.1) is 0 Å². The number of fused-ring (bicyclic) bond motifs is 1. The number of hydrogen-bond acceptors (Lipinski definition) is 7. The summed E-state index contributed by atoms with van der Waals surface area (Å²) in [6, 6.07) is 5.16. The van der Waals surface area contributed by atoms with Gasteiger partial charge < -0.3 is 20.2 Å². The van der Waals surface area contributed by atoms with Crippen LogP contribution in [0.2, 0.25) is 0 Å². The zero-order valence-corrected chi connectivity index (χ0v) is 18.9. The van der Waals surface area contributed by atoms with E-state index in [0.29, 0.717) is 18.3 Å². The van der Waals surface area contributed by atoms with Gasteiger partial charge in [-0.3, -0.25) is 29.0 Å². The van der Waals surface area contributed by atoms with Gasteiger partial charge in [0.15, 0.2) is 0 Å². The van der Waals surface area contributed by atoms with E-state index in [1.807, 2.05) is 0 Å². The number of ether oxygens (including phenoxy) is 1. The van der Waals surface area contributed by atoms with Gasteiger partial charge in [0.05, 0.1) is 19.1 Å². The summed E-state index contributed by atoms with van der Waals surface area (Å²) in [6.45, 7) is 2.02. The first kappa shape index (κ1) is 24.9. The molecule has 1 aromatic rings. The van der Waals surface area contributed by atoms with E-state index in [4.69, 9.17) is 4.74 Å². The van der Waals surface area contributed by atoms with Crippen LogP contribution in [-0.2, 0) is 28.7 Å². The molecule has 182 valence electrons. The highest BCUT2D eigenvalue weighted by atomic mass is 16.5. The van der Waals surface area contributed by atoms with Crippen molar-refractivity contribution in [1.29, 1.82) is 0 Å². The van der Waals surface area contributed by atoms with E-state index in [-0.39, 0.29) is 44.7 Å². The lowest BCUT2D eigenvalue weighted by Gasteiger charge is -2.43. The number of hydrazine groups is 1. The summed E-state index contributed by atoms with van der Waals surface area (Å²) in [6.07, 6.45) is 0.924. The van der Waals surface area contributed by atoms with Gasteiger partial charge in [-0.05, 0) is 38.3 Å². The van der Waals surface area contributed by atoms with Crippen LogP contribution in [0.3, 0.4) is 0 Å². The predicted molar refractivity (Wildman–Crippen MR) is 118 cm³/mol. The molecule has 2 fully saturated rings. The Balaban J connectivity index is 1.77. The second kappa shape index (κ2) is 11.4. The molecule has 0 saturated carbocycles. The smallest absolute Gasteiger partial charge is 0.308 e. The Hall–Kier alpha value is -3.76. The van der Waals surface area contributed by atoms with Gasteiger partial charge in [0.25, 0.3) is 11.8 Å². The molecule has 2 N–H and O–H groups in total. The Labute approximate surface area is 196 Å². The third kappa shape index (κ3) is 5.77. The van der Waals surface area contributed by atoms with E-state index in [9.17, 15) is 28.8 Å². The molecular formula is C23H28N4O7. The third-order valence-electron chi connectivity index (χ3n) is 5.69. The maximum absolute atomic E-state index is 13.4. The van der Waals surface area contributed by atoms with Crippen molar-refractivity contribution in [3.05, 3.63) is 35.9 Å². The van der Waals surface area contributed by atoms with Gasteiger partial charge in [-0.1, -0.05) is 18.2 Å². The zero-order chi connectivity index (χ0) is 24.7. The van der Waals surface area contributed by atoms with Crippen LogP contribution in [0.1, 0.15) is 49.4 Å². The van der Waals surface area contributed by atoms with Crippen molar-refractivity contribution < 1.29 is 33.5 Å². The minimum absolute atomic E-state index is 0.0239. The van der Waals surface area contributed by atoms with Gasteiger partial charge in [-0.2, -0.15) is 0 Å². The first-order chi connectivity index (χ1) is 16.3. The van der Waals surface area contributed by atoms with Crippen LogP contribution in [-0.4, -0.2) is 77.2 Å². The lowest BCUT2D eigenvalue weighted by atomic mass is 10.0. The van der Waals surface area contributed by atoms with E-state index in [0.717, 1.165) is 5.01 Å². The molecule has 0 aliphatic carbocycles. The highest BCUT2D eigenvalue weighted by Gasteiger charge is 2.44. The van der Waals surface area contributed by atoms with Crippen molar-refractivity contribution in [2.45, 2.75) is 57.2 Å². The van der Waals surface area contributed by atoms with E-state index in [1.165, 1.54) is 5.01 Å². The molecule has 0 aromatic heterocycles. The SMILES string of the molecule is CCOC(=O)C[C@@H](C=O)NC(=O)[C@@H]1CCCN2C(=O)CC[C@H](NC(=O)c3ccccc3)C(=O)N12. The molecule has 0 spiro atoms. The predicted octanol–water partition coefficient (Wildman–Crippen LogP) is -0.0497. The molecule has 2 saturated heterocycles. The molecule has 11 nitrogen and oxygen atoms in total. The fraction of sp³-hybridized carbons (Fsp3) is 0.478. The van der Waals surface area contributed by atoms with E-state index >= 15 is 0 Å². The average molecular weight is 472 g/mol. The summed E-state index contributed by atoms with van der Waals surface area (Å²) in [5.41, 5.74) is 0.364. The standard InChI is InChI=1S/C23H28N4O7/c1-2-34-20(30)13-16(14-28)24-22(32)18-9-6-12-26-19(29)11-10-17(23(33)27(18)26)25-21(31)15-7-4-3-5-8-15/h3-5,7-8,14,16-18H,2,6,9-13H2,1H3,(H,24,32)(H,25,31)/t16-,17-,18-/m0/s1. The number of carbonyl (C=O) groups is 6.